The van der Waals surface area contributed by atoms with Gasteiger partial charge in [-0.15, -0.1) is 0 Å². The van der Waals surface area contributed by atoms with Gasteiger partial charge < -0.3 is 30.5 Å². The maximum absolute atomic E-state index is 15.3. The van der Waals surface area contributed by atoms with Crippen LogP contribution in [0.25, 0.3) is 0 Å². The van der Waals surface area contributed by atoms with Gasteiger partial charge >= 0.3 is 5.92 Å². The van der Waals surface area contributed by atoms with Gasteiger partial charge in [0, 0.05) is 62.9 Å². The minimum atomic E-state index is -3.91. The summed E-state index contributed by atoms with van der Waals surface area (Å²) in [5.41, 5.74) is 1.00. The molecule has 2 aliphatic rings. The number of methoxy groups -OCH3 is 1. The van der Waals surface area contributed by atoms with Gasteiger partial charge in [-0.05, 0) is 43.0 Å². The number of hydrogen-bond donors (Lipinski definition) is 3. The molecular weight excluding hydrogens is 634 g/mol. The molecule has 1 aliphatic carbocycles. The van der Waals surface area contributed by atoms with Crippen molar-refractivity contribution in [2.45, 2.75) is 89.3 Å². The van der Waals surface area contributed by atoms with E-state index in [0.717, 1.165) is 62.2 Å². The van der Waals surface area contributed by atoms with E-state index in [1.165, 1.54) is 13.2 Å². The van der Waals surface area contributed by atoms with E-state index in [0.29, 0.717) is 25.9 Å². The molecule has 49 heavy (non-hydrogen) atoms. The molecule has 4 amide bonds. The van der Waals surface area contributed by atoms with Gasteiger partial charge in [0.05, 0.1) is 7.11 Å². The van der Waals surface area contributed by atoms with E-state index in [4.69, 9.17) is 4.74 Å². The number of likely N-dealkylation sites (N-methyl/N-ethyl adjacent to an activating group) is 1. The van der Waals surface area contributed by atoms with Crippen LogP contribution < -0.4 is 20.7 Å². The number of benzene rings is 1. The lowest BCUT2D eigenvalue weighted by Gasteiger charge is -2.36. The molecule has 2 aromatic rings. The first-order valence-electron chi connectivity index (χ1n) is 17.3. The highest BCUT2D eigenvalue weighted by Gasteiger charge is 2.44. The van der Waals surface area contributed by atoms with E-state index in [9.17, 15) is 19.2 Å². The predicted molar refractivity (Wildman–Crippen MR) is 181 cm³/mol. The van der Waals surface area contributed by atoms with E-state index in [-0.39, 0.29) is 42.5 Å². The molecule has 1 saturated carbocycles. The average Bonchev–Trinajstić information content (AvgIpc) is 3.41. The summed E-state index contributed by atoms with van der Waals surface area (Å²) in [6.07, 6.45) is 6.11. The molecule has 13 heteroatoms. The van der Waals surface area contributed by atoms with Crippen molar-refractivity contribution < 1.29 is 32.7 Å². The Balaban J connectivity index is 1.44. The quantitative estimate of drug-likeness (QED) is 0.274. The molecule has 1 aromatic carbocycles. The molecule has 0 radical (unpaired) electrons. The van der Waals surface area contributed by atoms with Crippen molar-refractivity contribution in [2.75, 3.05) is 40.3 Å². The van der Waals surface area contributed by atoms with Gasteiger partial charge in [0.15, 0.2) is 0 Å². The molecular formula is C36H50F2N6O5. The van der Waals surface area contributed by atoms with Crippen molar-refractivity contribution in [3.8, 4) is 5.88 Å². The number of ether oxygens (including phenoxy) is 1. The zero-order chi connectivity index (χ0) is 35.6. The predicted octanol–water partition coefficient (Wildman–Crippen LogP) is 3.73. The summed E-state index contributed by atoms with van der Waals surface area (Å²) in [6.45, 7) is 6.49. The largest absolute Gasteiger partial charge is 0.481 e. The number of pyridine rings is 1. The fraction of sp³-hybridized carbons (Fsp3) is 0.583. The van der Waals surface area contributed by atoms with Crippen molar-refractivity contribution in [2.24, 2.45) is 5.92 Å². The molecule has 1 aliphatic heterocycles. The first-order chi connectivity index (χ1) is 23.4. The zero-order valence-electron chi connectivity index (χ0n) is 29.0. The highest BCUT2D eigenvalue weighted by molar-refractivity contribution is 5.91. The number of nitrogens with one attached hydrogen (secondary N) is 3. The van der Waals surface area contributed by atoms with Crippen molar-refractivity contribution in [1.29, 1.82) is 0 Å². The van der Waals surface area contributed by atoms with Crippen LogP contribution in [0.1, 0.15) is 81.4 Å². The number of nitrogens with zero attached hydrogens (tertiary/aromatic N) is 3. The fourth-order valence-corrected chi connectivity index (χ4v) is 6.42. The fourth-order valence-electron chi connectivity index (χ4n) is 6.42. The molecule has 0 spiro atoms. The smallest absolute Gasteiger partial charge is 0.351 e. The molecule has 2 fully saturated rings. The monoisotopic (exact) mass is 684 g/mol. The highest BCUT2D eigenvalue weighted by atomic mass is 19.3. The highest BCUT2D eigenvalue weighted by Crippen LogP contribution is 2.31. The number of hydrogen-bond acceptors (Lipinski definition) is 7. The third-order valence-corrected chi connectivity index (χ3v) is 9.72. The van der Waals surface area contributed by atoms with Crippen molar-refractivity contribution >= 4 is 23.6 Å². The Hall–Kier alpha value is -4.13. The van der Waals surface area contributed by atoms with Crippen LogP contribution in [0.5, 0.6) is 5.88 Å². The SMILES string of the molecule is CCC(=O)N[C@@H](C(=O)N1CCN(C)CC1)[C@@H](C)c1ccc(CNC(=O)[C@@H](NC(=O)C(F)(F)c2ccc(OC)nc2)C2CCCCCC2)cc1. The van der Waals surface area contributed by atoms with E-state index in [1.807, 2.05) is 38.2 Å². The standard InChI is InChI=1S/C36H50F2N6O5/c1-5-29(45)41-31(34(47)44-20-18-43(3)19-21-44)24(2)26-14-12-25(13-15-26)22-40-33(46)32(27-10-8-6-7-9-11-27)42-35(48)36(37,38)28-16-17-30(49-4)39-23-28/h12-17,23-24,27,31-32H,5-11,18-22H2,1-4H3,(H,40,46)(H,41,45)(H,42,48)/t24-,31+,32-/m0/s1. The normalized spacial score (nSPS) is 18.0. The molecule has 0 unspecified atom stereocenters. The second-order valence-electron chi connectivity index (χ2n) is 13.1. The van der Waals surface area contributed by atoms with Crippen LogP contribution >= 0.6 is 0 Å². The number of rotatable bonds is 13. The van der Waals surface area contributed by atoms with Crippen LogP contribution in [0.3, 0.4) is 0 Å². The van der Waals surface area contributed by atoms with Gasteiger partial charge in [-0.2, -0.15) is 8.78 Å². The van der Waals surface area contributed by atoms with Crippen LogP contribution in [-0.4, -0.2) is 90.8 Å². The third kappa shape index (κ3) is 9.96. The van der Waals surface area contributed by atoms with Gasteiger partial charge in [-0.1, -0.05) is 63.8 Å². The summed E-state index contributed by atoms with van der Waals surface area (Å²) in [4.78, 5) is 60.3. The Morgan fingerprint density at radius 3 is 2.18 bits per heavy atom. The molecule has 2 heterocycles. The Morgan fingerprint density at radius 2 is 1.61 bits per heavy atom. The third-order valence-electron chi connectivity index (χ3n) is 9.72. The van der Waals surface area contributed by atoms with Crippen LogP contribution in [0.2, 0.25) is 0 Å². The molecule has 3 atom stereocenters. The van der Waals surface area contributed by atoms with Crippen LogP contribution in [0, 0.1) is 5.92 Å². The van der Waals surface area contributed by atoms with Gasteiger partial charge in [-0.25, -0.2) is 4.98 Å². The first kappa shape index (κ1) is 37.7. The maximum Gasteiger partial charge on any atom is 0.351 e. The number of aromatic nitrogens is 1. The number of halogens is 2. The second kappa shape index (κ2) is 17.5. The number of amides is 4. The van der Waals surface area contributed by atoms with E-state index >= 15 is 8.78 Å². The average molecular weight is 685 g/mol. The van der Waals surface area contributed by atoms with Crippen LogP contribution in [0.15, 0.2) is 42.6 Å². The summed E-state index contributed by atoms with van der Waals surface area (Å²) in [6, 6.07) is 7.86. The summed E-state index contributed by atoms with van der Waals surface area (Å²) >= 11 is 0. The Labute approximate surface area is 287 Å². The molecule has 11 nitrogen and oxygen atoms in total. The van der Waals surface area contributed by atoms with Gasteiger partial charge in [-0.3, -0.25) is 19.2 Å². The number of carbonyl (C=O) groups excluding carboxylic acids is 4. The first-order valence-corrected chi connectivity index (χ1v) is 17.3. The summed E-state index contributed by atoms with van der Waals surface area (Å²) in [5.74, 6) is -6.77. The van der Waals surface area contributed by atoms with Crippen molar-refractivity contribution in [3.63, 3.8) is 0 Å². The molecule has 3 N–H and O–H groups in total. The van der Waals surface area contributed by atoms with Crippen LogP contribution in [-0.2, 0) is 31.6 Å². The minimum absolute atomic E-state index is 0.112. The second-order valence-corrected chi connectivity index (χ2v) is 13.1. The van der Waals surface area contributed by atoms with E-state index in [2.05, 4.69) is 25.8 Å². The lowest BCUT2D eigenvalue weighted by atomic mass is 9.90. The molecule has 1 aromatic heterocycles. The van der Waals surface area contributed by atoms with E-state index < -0.39 is 35.4 Å². The summed E-state index contributed by atoms with van der Waals surface area (Å²) < 4.78 is 35.4. The topological polar surface area (TPSA) is 133 Å². The van der Waals surface area contributed by atoms with Gasteiger partial charge in [0.2, 0.25) is 23.6 Å². The minimum Gasteiger partial charge on any atom is -0.481 e. The Kier molecular flexibility index (Phi) is 13.5. The molecule has 0 bridgehead atoms. The Morgan fingerprint density at radius 1 is 0.959 bits per heavy atom. The van der Waals surface area contributed by atoms with Gasteiger partial charge in [0.25, 0.3) is 5.91 Å². The van der Waals surface area contributed by atoms with E-state index in [1.54, 1.807) is 11.8 Å². The zero-order valence-corrected chi connectivity index (χ0v) is 29.0. The van der Waals surface area contributed by atoms with Gasteiger partial charge in [0.1, 0.15) is 12.1 Å². The molecule has 4 rings (SSSR count). The van der Waals surface area contributed by atoms with Crippen molar-refractivity contribution in [1.82, 2.24) is 30.7 Å². The number of piperazine rings is 1. The summed E-state index contributed by atoms with van der Waals surface area (Å²) in [5, 5.41) is 8.15. The molecule has 1 saturated heterocycles. The Bertz CT molecular complexity index is 1410. The van der Waals surface area contributed by atoms with Crippen LogP contribution in [0.4, 0.5) is 8.78 Å². The van der Waals surface area contributed by atoms with Crippen molar-refractivity contribution in [3.05, 3.63) is 59.3 Å². The maximum atomic E-state index is 15.3. The number of alkyl halides is 2. The number of carbonyl (C=O) groups is 4. The lowest BCUT2D eigenvalue weighted by Crippen LogP contribution is -2.55. The molecule has 268 valence electrons. The summed E-state index contributed by atoms with van der Waals surface area (Å²) in [7, 11) is 3.37. The lowest BCUT2D eigenvalue weighted by molar-refractivity contribution is -0.150.